The van der Waals surface area contributed by atoms with Crippen molar-refractivity contribution in [2.45, 2.75) is 13.0 Å². The van der Waals surface area contributed by atoms with Gasteiger partial charge in [-0.25, -0.2) is 18.0 Å². The van der Waals surface area contributed by atoms with Crippen LogP contribution in [0.15, 0.2) is 35.4 Å². The van der Waals surface area contributed by atoms with Crippen molar-refractivity contribution < 1.29 is 32.4 Å². The summed E-state index contributed by atoms with van der Waals surface area (Å²) in [6.45, 7) is 2.06. The van der Waals surface area contributed by atoms with Gasteiger partial charge in [-0.3, -0.25) is 20.0 Å². The summed E-state index contributed by atoms with van der Waals surface area (Å²) in [5.41, 5.74) is -0.766. The van der Waals surface area contributed by atoms with E-state index in [0.29, 0.717) is 0 Å². The highest BCUT2D eigenvalue weighted by atomic mass is 32.1. The van der Waals surface area contributed by atoms with Gasteiger partial charge in [0.05, 0.1) is 49.1 Å². The maximum absolute atomic E-state index is 15.1. The predicted octanol–water partition coefficient (Wildman–Crippen LogP) is 3.81. The fourth-order valence-electron chi connectivity index (χ4n) is 3.69. The number of thiocarbonyl (C=S) groups is 1. The van der Waals surface area contributed by atoms with Gasteiger partial charge in [0.1, 0.15) is 11.8 Å². The van der Waals surface area contributed by atoms with Gasteiger partial charge in [0.15, 0.2) is 17.5 Å². The summed E-state index contributed by atoms with van der Waals surface area (Å²) in [5.74, 6) is -2.65. The lowest BCUT2D eigenvalue weighted by Crippen LogP contribution is -2.34. The van der Waals surface area contributed by atoms with Crippen LogP contribution in [0.4, 0.5) is 40.7 Å². The van der Waals surface area contributed by atoms with Crippen molar-refractivity contribution in [3.63, 3.8) is 0 Å². The number of nitro benzene ring substituents is 1. The molecule has 0 unspecified atom stereocenters. The molecule has 38 heavy (non-hydrogen) atoms. The van der Waals surface area contributed by atoms with Crippen molar-refractivity contribution in [3.8, 4) is 0 Å². The first-order valence-corrected chi connectivity index (χ1v) is 11.7. The third-order valence-electron chi connectivity index (χ3n) is 5.59. The molecular weight excluding hydrogens is 529 g/mol. The molecule has 0 aromatic heterocycles. The van der Waals surface area contributed by atoms with Crippen LogP contribution in [0, 0.1) is 27.6 Å². The first-order valence-electron chi connectivity index (χ1n) is 11.3. The number of carbonyl (C=O) groups excluding carboxylic acids is 1. The van der Waals surface area contributed by atoms with Crippen molar-refractivity contribution in [1.82, 2.24) is 5.32 Å². The van der Waals surface area contributed by atoms with E-state index < -0.39 is 40.3 Å². The second-order valence-electron chi connectivity index (χ2n) is 8.00. The number of benzene rings is 2. The molecular formula is C23H25F3N6O5S. The number of hydrazone groups is 1. The molecule has 0 spiro atoms. The number of cyclic esters (lactones) is 1. The van der Waals surface area contributed by atoms with Gasteiger partial charge >= 0.3 is 6.09 Å². The molecule has 0 saturated carbocycles. The molecule has 2 aromatic carbocycles. The average Bonchev–Trinajstić information content (AvgIpc) is 3.25. The molecule has 204 valence electrons. The number of halogens is 3. The number of amides is 1. The summed E-state index contributed by atoms with van der Waals surface area (Å²) in [4.78, 5) is 24.8. The Hall–Kier alpha value is -4.14. The zero-order chi connectivity index (χ0) is 28.0. The average molecular weight is 555 g/mol. The molecule has 0 radical (unpaired) electrons. The van der Waals surface area contributed by atoms with Crippen LogP contribution >= 0.6 is 12.2 Å². The minimum atomic E-state index is -0.903. The zero-order valence-electron chi connectivity index (χ0n) is 20.7. The van der Waals surface area contributed by atoms with Gasteiger partial charge in [-0.1, -0.05) is 0 Å². The number of rotatable bonds is 10. The summed E-state index contributed by atoms with van der Waals surface area (Å²) < 4.78 is 54.4. The molecule has 1 fully saturated rings. The first kappa shape index (κ1) is 28.4. The molecule has 11 nitrogen and oxygen atoms in total. The number of nitrogens with zero attached hydrogens (tertiary/aromatic N) is 5. The number of anilines is 3. The third kappa shape index (κ3) is 6.59. The number of hydrogen-bond donors (Lipinski definition) is 1. The third-order valence-corrected chi connectivity index (χ3v) is 5.90. The summed E-state index contributed by atoms with van der Waals surface area (Å²) in [7, 11) is 2.81. The first-order chi connectivity index (χ1) is 18.0. The molecule has 1 aliphatic rings. The number of ether oxygens (including phenoxy) is 2. The fourth-order valence-corrected chi connectivity index (χ4v) is 3.77. The highest BCUT2D eigenvalue weighted by molar-refractivity contribution is 7.80. The lowest BCUT2D eigenvalue weighted by Gasteiger charge is -2.24. The van der Waals surface area contributed by atoms with Gasteiger partial charge < -0.3 is 19.7 Å². The summed E-state index contributed by atoms with van der Waals surface area (Å²) in [6, 6.07) is 5.19. The number of methoxy groups -OCH3 is 1. The molecule has 15 heteroatoms. The topological polar surface area (TPSA) is 113 Å². The van der Waals surface area contributed by atoms with Gasteiger partial charge in [0.2, 0.25) is 0 Å². The molecule has 0 bridgehead atoms. The summed E-state index contributed by atoms with van der Waals surface area (Å²) >= 11 is 4.87. The Kier molecular flexibility index (Phi) is 9.28. The molecule has 1 amide bonds. The highest BCUT2D eigenvalue weighted by Crippen LogP contribution is 2.31. The maximum Gasteiger partial charge on any atom is 0.414 e. The number of carbonyl (C=O) groups is 1. The normalized spacial score (nSPS) is 14.9. The summed E-state index contributed by atoms with van der Waals surface area (Å²) in [6.07, 6.45) is -0.0492. The Morgan fingerprint density at radius 1 is 1.32 bits per heavy atom. The molecule has 1 saturated heterocycles. The lowest BCUT2D eigenvalue weighted by atomic mass is 10.2. The SMILES string of the molecule is CCN(C/C=N\N(C)c1ccc([N+](=O)[O-])cc1F)c1c(F)cc(N2C[C@H](CNC(=S)OC)OC2=O)cc1F. The molecule has 1 atom stereocenters. The van der Waals surface area contributed by atoms with Gasteiger partial charge in [-0.15, -0.1) is 0 Å². The van der Waals surface area contributed by atoms with Crippen LogP contribution in [0.25, 0.3) is 0 Å². The Morgan fingerprint density at radius 2 is 2.00 bits per heavy atom. The monoisotopic (exact) mass is 554 g/mol. The van der Waals surface area contributed by atoms with Crippen molar-refractivity contribution in [3.05, 3.63) is 57.9 Å². The Balaban J connectivity index is 1.70. The van der Waals surface area contributed by atoms with E-state index in [9.17, 15) is 19.3 Å². The fraction of sp³-hybridized carbons (Fsp3) is 0.348. The lowest BCUT2D eigenvalue weighted by molar-refractivity contribution is -0.385. The van der Waals surface area contributed by atoms with Crippen LogP contribution in [0.1, 0.15) is 6.92 Å². The molecule has 1 N–H and O–H groups in total. The van der Waals surface area contributed by atoms with E-state index in [2.05, 4.69) is 10.4 Å². The van der Waals surface area contributed by atoms with Crippen molar-refractivity contribution in [2.75, 3.05) is 55.1 Å². The summed E-state index contributed by atoms with van der Waals surface area (Å²) in [5, 5.41) is 18.9. The largest absolute Gasteiger partial charge is 0.474 e. The Bertz CT molecular complexity index is 1230. The van der Waals surface area contributed by atoms with Crippen molar-refractivity contribution in [1.29, 1.82) is 0 Å². The van der Waals surface area contributed by atoms with E-state index >= 15 is 8.78 Å². The minimum absolute atomic E-state index is 0.0105. The van der Waals surface area contributed by atoms with Crippen molar-refractivity contribution in [2.24, 2.45) is 5.10 Å². The van der Waals surface area contributed by atoms with E-state index in [1.54, 1.807) is 6.92 Å². The molecule has 0 aliphatic carbocycles. The molecule has 3 rings (SSSR count). The second kappa shape index (κ2) is 12.4. The molecule has 2 aromatic rings. The van der Waals surface area contributed by atoms with E-state index in [4.69, 9.17) is 21.7 Å². The van der Waals surface area contributed by atoms with Crippen LogP contribution in [0.2, 0.25) is 0 Å². The van der Waals surface area contributed by atoms with Crippen LogP contribution in [-0.4, -0.2) is 68.8 Å². The van der Waals surface area contributed by atoms with Crippen LogP contribution in [0.3, 0.4) is 0 Å². The Morgan fingerprint density at radius 3 is 2.58 bits per heavy atom. The molecule has 1 heterocycles. The van der Waals surface area contributed by atoms with Crippen LogP contribution in [-0.2, 0) is 9.47 Å². The van der Waals surface area contributed by atoms with E-state index in [1.165, 1.54) is 31.3 Å². The van der Waals surface area contributed by atoms with Gasteiger partial charge in [0.25, 0.3) is 10.9 Å². The quantitative estimate of drug-likeness (QED) is 0.203. The van der Waals surface area contributed by atoms with E-state index in [0.717, 1.165) is 34.2 Å². The molecule has 1 aliphatic heterocycles. The smallest absolute Gasteiger partial charge is 0.414 e. The van der Waals surface area contributed by atoms with Gasteiger partial charge in [-0.05, 0) is 25.2 Å². The number of non-ortho nitro benzene ring substituents is 1. The number of nitro groups is 1. The minimum Gasteiger partial charge on any atom is -0.474 e. The standard InChI is InChI=1S/C23H25F3N6O5S/c1-4-30(8-7-28-29(2)20-6-5-14(32(34)35)9-17(20)24)21-18(25)10-15(11-19(21)26)31-13-16(37-23(31)33)12-27-22(38)36-3/h5-7,9-11,16H,4,8,12-13H2,1-3H3,(H,27,38)/b28-7-/t16-/m0/s1. The maximum atomic E-state index is 15.1. The number of nitrogens with one attached hydrogen (secondary N) is 1. The predicted molar refractivity (Wildman–Crippen MR) is 139 cm³/mol. The number of hydrogen-bond acceptors (Lipinski definition) is 9. The Labute approximate surface area is 221 Å². The van der Waals surface area contributed by atoms with E-state index in [1.807, 2.05) is 0 Å². The van der Waals surface area contributed by atoms with Gasteiger partial charge in [0, 0.05) is 38.0 Å². The van der Waals surface area contributed by atoms with Crippen LogP contribution < -0.4 is 20.1 Å². The van der Waals surface area contributed by atoms with Crippen molar-refractivity contribution >= 4 is 52.4 Å². The van der Waals surface area contributed by atoms with E-state index in [-0.39, 0.29) is 48.4 Å². The van der Waals surface area contributed by atoms with Crippen LogP contribution in [0.5, 0.6) is 0 Å². The van der Waals surface area contributed by atoms with Gasteiger partial charge in [-0.2, -0.15) is 5.10 Å². The highest BCUT2D eigenvalue weighted by Gasteiger charge is 2.33. The second-order valence-corrected chi connectivity index (χ2v) is 8.37. The zero-order valence-corrected chi connectivity index (χ0v) is 21.5.